The van der Waals surface area contributed by atoms with Crippen LogP contribution in [0.4, 0.5) is 5.69 Å². The molecule has 0 aromatic carbocycles. The van der Waals surface area contributed by atoms with Crippen molar-refractivity contribution in [2.45, 2.75) is 57.9 Å². The zero-order valence-corrected chi connectivity index (χ0v) is 17.6. The van der Waals surface area contributed by atoms with E-state index in [0.29, 0.717) is 10.8 Å². The predicted molar refractivity (Wildman–Crippen MR) is 109 cm³/mol. The lowest BCUT2D eigenvalue weighted by Crippen LogP contribution is -2.45. The maximum Gasteiger partial charge on any atom is 0.350 e. The Kier molecular flexibility index (Phi) is 6.93. The van der Waals surface area contributed by atoms with Gasteiger partial charge in [-0.05, 0) is 82.4 Å². The van der Waals surface area contributed by atoms with Gasteiger partial charge in [-0.2, -0.15) is 0 Å². The molecule has 1 unspecified atom stereocenters. The van der Waals surface area contributed by atoms with Gasteiger partial charge in [0.2, 0.25) is 5.91 Å². The van der Waals surface area contributed by atoms with Crippen molar-refractivity contribution in [3.63, 3.8) is 0 Å². The lowest BCUT2D eigenvalue weighted by Gasteiger charge is -2.36. The van der Waals surface area contributed by atoms with Crippen LogP contribution in [0.25, 0.3) is 0 Å². The van der Waals surface area contributed by atoms with Crippen LogP contribution < -0.4 is 4.90 Å². The molecule has 2 heterocycles. The summed E-state index contributed by atoms with van der Waals surface area (Å²) in [7, 11) is 3.54. The van der Waals surface area contributed by atoms with Crippen molar-refractivity contribution < 1.29 is 14.3 Å². The first-order chi connectivity index (χ1) is 13.0. The molecular formula is C21H32N2O3S. The summed E-state index contributed by atoms with van der Waals surface area (Å²) in [6, 6.07) is 2.08. The molecule has 1 aromatic heterocycles. The van der Waals surface area contributed by atoms with E-state index in [1.165, 1.54) is 18.4 Å². The quantitative estimate of drug-likeness (QED) is 0.722. The molecule has 1 amide bonds. The summed E-state index contributed by atoms with van der Waals surface area (Å²) in [6.07, 6.45) is 7.15. The van der Waals surface area contributed by atoms with Crippen LogP contribution in [-0.4, -0.2) is 50.1 Å². The molecule has 2 aliphatic rings. The zero-order valence-electron chi connectivity index (χ0n) is 16.8. The minimum absolute atomic E-state index is 0.0765. The number of carbonyl (C=O) groups is 2. The van der Waals surface area contributed by atoms with Crippen LogP contribution in [0.15, 0.2) is 11.4 Å². The monoisotopic (exact) mass is 392 g/mol. The SMILES string of the molecule is COC(=O)c1sccc1N(C(=O)C1CCC(C)CC1)C1CCCN(C)CC1. The molecule has 1 atom stereocenters. The van der Waals surface area contributed by atoms with Gasteiger partial charge in [-0.25, -0.2) is 4.79 Å². The fraction of sp³-hybridized carbons (Fsp3) is 0.714. The summed E-state index contributed by atoms with van der Waals surface area (Å²) in [5, 5.41) is 1.90. The summed E-state index contributed by atoms with van der Waals surface area (Å²) in [6.45, 7) is 4.31. The Hall–Kier alpha value is -1.40. The van der Waals surface area contributed by atoms with Crippen LogP contribution in [0.1, 0.15) is 61.5 Å². The lowest BCUT2D eigenvalue weighted by molar-refractivity contribution is -0.124. The van der Waals surface area contributed by atoms with E-state index in [-0.39, 0.29) is 23.8 Å². The molecule has 0 bridgehead atoms. The highest BCUT2D eigenvalue weighted by Crippen LogP contribution is 2.36. The Labute approximate surface area is 166 Å². The van der Waals surface area contributed by atoms with E-state index in [1.54, 1.807) is 0 Å². The number of thiophene rings is 1. The van der Waals surface area contributed by atoms with Crippen molar-refractivity contribution in [2.75, 3.05) is 32.1 Å². The maximum absolute atomic E-state index is 13.6. The average molecular weight is 393 g/mol. The smallest absolute Gasteiger partial charge is 0.350 e. The number of hydrogen-bond acceptors (Lipinski definition) is 5. The molecule has 1 aromatic rings. The van der Waals surface area contributed by atoms with Crippen molar-refractivity contribution in [3.05, 3.63) is 16.3 Å². The molecule has 1 saturated carbocycles. The molecule has 6 heteroatoms. The first kappa shape index (κ1) is 20.3. The van der Waals surface area contributed by atoms with Gasteiger partial charge in [-0.3, -0.25) is 4.79 Å². The highest BCUT2D eigenvalue weighted by Gasteiger charge is 2.35. The van der Waals surface area contributed by atoms with E-state index in [1.807, 2.05) is 16.3 Å². The zero-order chi connectivity index (χ0) is 19.4. The van der Waals surface area contributed by atoms with Gasteiger partial charge in [0.15, 0.2) is 0 Å². The summed E-state index contributed by atoms with van der Waals surface area (Å²) >= 11 is 1.37. The van der Waals surface area contributed by atoms with Crippen molar-refractivity contribution in [3.8, 4) is 0 Å². The van der Waals surface area contributed by atoms with Crippen molar-refractivity contribution >= 4 is 28.9 Å². The number of likely N-dealkylation sites (tertiary alicyclic amines) is 1. The Balaban J connectivity index is 1.90. The fourth-order valence-electron chi connectivity index (χ4n) is 4.42. The molecule has 1 aliphatic carbocycles. The van der Waals surface area contributed by atoms with Crippen LogP contribution in [0.5, 0.6) is 0 Å². The highest BCUT2D eigenvalue weighted by atomic mass is 32.1. The number of methoxy groups -OCH3 is 1. The second-order valence-corrected chi connectivity index (χ2v) is 9.10. The van der Waals surface area contributed by atoms with Gasteiger partial charge < -0.3 is 14.5 Å². The molecular weight excluding hydrogens is 360 g/mol. The number of anilines is 1. The normalized spacial score (nSPS) is 27.0. The summed E-state index contributed by atoms with van der Waals surface area (Å²) in [5.41, 5.74) is 0.755. The van der Waals surface area contributed by atoms with Crippen molar-refractivity contribution in [1.82, 2.24) is 4.90 Å². The van der Waals surface area contributed by atoms with Crippen LogP contribution in [0.2, 0.25) is 0 Å². The molecule has 2 fully saturated rings. The van der Waals surface area contributed by atoms with Crippen molar-refractivity contribution in [2.24, 2.45) is 11.8 Å². The minimum atomic E-state index is -0.346. The molecule has 1 aliphatic heterocycles. The predicted octanol–water partition coefficient (Wildman–Crippen LogP) is 4.18. The van der Waals surface area contributed by atoms with Gasteiger partial charge in [0, 0.05) is 12.0 Å². The molecule has 0 spiro atoms. The first-order valence-corrected chi connectivity index (χ1v) is 11.1. The van der Waals surface area contributed by atoms with Gasteiger partial charge in [0.1, 0.15) is 4.88 Å². The third kappa shape index (κ3) is 4.72. The van der Waals surface area contributed by atoms with Crippen LogP contribution >= 0.6 is 11.3 Å². The number of rotatable bonds is 4. The van der Waals surface area contributed by atoms with E-state index < -0.39 is 0 Å². The molecule has 5 nitrogen and oxygen atoms in total. The maximum atomic E-state index is 13.6. The Bertz CT molecular complexity index is 652. The molecule has 1 saturated heterocycles. The van der Waals surface area contributed by atoms with Crippen LogP contribution in [-0.2, 0) is 9.53 Å². The Morgan fingerprint density at radius 2 is 1.89 bits per heavy atom. The summed E-state index contributed by atoms with van der Waals surface area (Å²) in [4.78, 5) is 30.8. The van der Waals surface area contributed by atoms with Gasteiger partial charge in [0.25, 0.3) is 0 Å². The van der Waals surface area contributed by atoms with Gasteiger partial charge in [0.05, 0.1) is 12.8 Å². The molecule has 0 radical (unpaired) electrons. The molecule has 3 rings (SSSR count). The lowest BCUT2D eigenvalue weighted by atomic mass is 9.82. The number of hydrogen-bond donors (Lipinski definition) is 0. The van der Waals surface area contributed by atoms with E-state index in [2.05, 4.69) is 18.9 Å². The second-order valence-electron chi connectivity index (χ2n) is 8.18. The highest BCUT2D eigenvalue weighted by molar-refractivity contribution is 7.12. The minimum Gasteiger partial charge on any atom is -0.465 e. The molecule has 27 heavy (non-hydrogen) atoms. The third-order valence-electron chi connectivity index (χ3n) is 6.16. The Morgan fingerprint density at radius 1 is 1.15 bits per heavy atom. The van der Waals surface area contributed by atoms with E-state index >= 15 is 0 Å². The first-order valence-electron chi connectivity index (χ1n) is 10.2. The topological polar surface area (TPSA) is 49.9 Å². The van der Waals surface area contributed by atoms with Crippen LogP contribution in [0.3, 0.4) is 0 Å². The van der Waals surface area contributed by atoms with Gasteiger partial charge in [-0.15, -0.1) is 11.3 Å². The second kappa shape index (κ2) is 9.20. The standard InChI is InChI=1S/C21H32N2O3S/c1-15-6-8-16(9-7-15)20(24)23(17-5-4-12-22(2)13-10-17)18-11-14-27-19(18)21(25)26-3/h11,14-17H,4-10,12-13H2,1-3H3. The molecule has 0 N–H and O–H groups in total. The number of esters is 1. The largest absolute Gasteiger partial charge is 0.465 e. The van der Waals surface area contributed by atoms with Gasteiger partial charge >= 0.3 is 5.97 Å². The van der Waals surface area contributed by atoms with E-state index in [4.69, 9.17) is 4.74 Å². The average Bonchev–Trinajstić information content (AvgIpc) is 3.05. The summed E-state index contributed by atoms with van der Waals surface area (Å²) in [5.74, 6) is 0.647. The number of nitrogens with zero attached hydrogens (tertiary/aromatic N) is 2. The number of ether oxygens (including phenoxy) is 1. The summed E-state index contributed by atoms with van der Waals surface area (Å²) < 4.78 is 4.98. The fourth-order valence-corrected chi connectivity index (χ4v) is 5.22. The van der Waals surface area contributed by atoms with E-state index in [0.717, 1.165) is 63.7 Å². The van der Waals surface area contributed by atoms with Crippen LogP contribution in [0, 0.1) is 11.8 Å². The third-order valence-corrected chi connectivity index (χ3v) is 7.05. The van der Waals surface area contributed by atoms with Crippen molar-refractivity contribution in [1.29, 1.82) is 0 Å². The molecule has 150 valence electrons. The number of carbonyl (C=O) groups excluding carboxylic acids is 2. The van der Waals surface area contributed by atoms with E-state index in [9.17, 15) is 9.59 Å². The van der Waals surface area contributed by atoms with Gasteiger partial charge in [-0.1, -0.05) is 6.92 Å². The Morgan fingerprint density at radius 3 is 2.59 bits per heavy atom. The number of amides is 1.